The van der Waals surface area contributed by atoms with Gasteiger partial charge in [-0.15, -0.1) is 12.4 Å². The lowest BCUT2D eigenvalue weighted by Gasteiger charge is -2.20. The van der Waals surface area contributed by atoms with E-state index < -0.39 is 0 Å². The van der Waals surface area contributed by atoms with Gasteiger partial charge in [0.1, 0.15) is 0 Å². The molecule has 0 bridgehead atoms. The summed E-state index contributed by atoms with van der Waals surface area (Å²) in [6.07, 6.45) is 3.86. The molecule has 1 amide bonds. The minimum Gasteiger partial charge on any atom is -0.341 e. The Balaban J connectivity index is 0.00000200. The van der Waals surface area contributed by atoms with Crippen LogP contribution in [0.15, 0.2) is 30.3 Å². The highest BCUT2D eigenvalue weighted by molar-refractivity contribution is 7.98. The third-order valence-corrected chi connectivity index (χ3v) is 4.37. The van der Waals surface area contributed by atoms with E-state index in [1.165, 1.54) is 5.56 Å². The third kappa shape index (κ3) is 4.40. The molecule has 1 saturated heterocycles. The first-order valence-corrected chi connectivity index (χ1v) is 8.20. The van der Waals surface area contributed by atoms with Gasteiger partial charge in [0.2, 0.25) is 5.91 Å². The predicted octanol–water partition coefficient (Wildman–Crippen LogP) is 2.50. The van der Waals surface area contributed by atoms with Crippen molar-refractivity contribution in [3.8, 4) is 0 Å². The van der Waals surface area contributed by atoms with Crippen molar-refractivity contribution in [1.82, 2.24) is 4.90 Å². The monoisotopic (exact) mass is 314 g/mol. The van der Waals surface area contributed by atoms with Crippen molar-refractivity contribution in [2.24, 2.45) is 5.73 Å². The summed E-state index contributed by atoms with van der Waals surface area (Å²) in [5, 5.41) is 0. The average molecular weight is 315 g/mol. The molecule has 1 unspecified atom stereocenters. The van der Waals surface area contributed by atoms with Crippen LogP contribution in [0.25, 0.3) is 0 Å². The summed E-state index contributed by atoms with van der Waals surface area (Å²) < 4.78 is 0. The molecule has 2 rings (SSSR count). The Morgan fingerprint density at radius 3 is 2.80 bits per heavy atom. The Kier molecular flexibility index (Phi) is 7.41. The molecule has 5 heteroatoms. The SMILES string of the molecule is CSCC[C@H](N)C(=O)N1CCC(c2ccccc2)C1.Cl. The second kappa shape index (κ2) is 8.55. The molecule has 1 fully saturated rings. The first kappa shape index (κ1) is 17.3. The van der Waals surface area contributed by atoms with E-state index in [2.05, 4.69) is 24.3 Å². The van der Waals surface area contributed by atoms with Crippen molar-refractivity contribution < 1.29 is 4.79 Å². The van der Waals surface area contributed by atoms with Crippen LogP contribution >= 0.6 is 24.2 Å². The lowest BCUT2D eigenvalue weighted by molar-refractivity contribution is -0.131. The van der Waals surface area contributed by atoms with Gasteiger partial charge in [0.15, 0.2) is 0 Å². The Morgan fingerprint density at radius 1 is 1.45 bits per heavy atom. The lowest BCUT2D eigenvalue weighted by atomic mass is 9.99. The molecule has 1 aromatic rings. The minimum absolute atomic E-state index is 0. The van der Waals surface area contributed by atoms with E-state index in [4.69, 9.17) is 5.73 Å². The van der Waals surface area contributed by atoms with Gasteiger partial charge < -0.3 is 10.6 Å². The minimum atomic E-state index is -0.332. The van der Waals surface area contributed by atoms with E-state index in [1.807, 2.05) is 17.2 Å². The van der Waals surface area contributed by atoms with Gasteiger partial charge in [-0.05, 0) is 30.4 Å². The van der Waals surface area contributed by atoms with Crippen LogP contribution in [0, 0.1) is 0 Å². The molecular formula is C15H23ClN2OS. The van der Waals surface area contributed by atoms with Crippen molar-refractivity contribution in [1.29, 1.82) is 0 Å². The van der Waals surface area contributed by atoms with Gasteiger partial charge >= 0.3 is 0 Å². The second-order valence-electron chi connectivity index (χ2n) is 5.07. The standard InChI is InChI=1S/C15H22N2OS.ClH/c1-19-10-8-14(16)15(18)17-9-7-13(11-17)12-5-3-2-4-6-12;/h2-6,13-14H,7-11,16H2,1H3;1H/t13?,14-;/m0./s1. The fourth-order valence-corrected chi connectivity index (χ4v) is 3.05. The number of nitrogens with two attached hydrogens (primary N) is 1. The van der Waals surface area contributed by atoms with E-state index in [1.54, 1.807) is 11.8 Å². The number of likely N-dealkylation sites (tertiary alicyclic amines) is 1. The summed E-state index contributed by atoms with van der Waals surface area (Å²) in [5.74, 6) is 1.54. The molecule has 0 aromatic heterocycles. The Hall–Kier alpha value is -0.710. The maximum absolute atomic E-state index is 12.2. The van der Waals surface area contributed by atoms with E-state index in [-0.39, 0.29) is 24.4 Å². The summed E-state index contributed by atoms with van der Waals surface area (Å²) in [7, 11) is 0. The zero-order chi connectivity index (χ0) is 13.7. The molecule has 1 aliphatic heterocycles. The molecule has 0 radical (unpaired) electrons. The maximum atomic E-state index is 12.2. The quantitative estimate of drug-likeness (QED) is 0.908. The zero-order valence-corrected chi connectivity index (χ0v) is 13.5. The predicted molar refractivity (Wildman–Crippen MR) is 88.6 cm³/mol. The van der Waals surface area contributed by atoms with Crippen LogP contribution in [0.2, 0.25) is 0 Å². The number of hydrogen-bond donors (Lipinski definition) is 1. The van der Waals surface area contributed by atoms with Crippen molar-refractivity contribution in [2.75, 3.05) is 25.1 Å². The molecule has 20 heavy (non-hydrogen) atoms. The van der Waals surface area contributed by atoms with Gasteiger partial charge in [-0.3, -0.25) is 4.79 Å². The number of halogens is 1. The summed E-state index contributed by atoms with van der Waals surface area (Å²) in [5.41, 5.74) is 7.29. The van der Waals surface area contributed by atoms with E-state index in [0.717, 1.165) is 31.7 Å². The van der Waals surface area contributed by atoms with Crippen LogP contribution in [-0.2, 0) is 4.79 Å². The van der Waals surface area contributed by atoms with Crippen LogP contribution in [0.1, 0.15) is 24.3 Å². The van der Waals surface area contributed by atoms with Gasteiger partial charge in [-0.2, -0.15) is 11.8 Å². The van der Waals surface area contributed by atoms with Crippen molar-refractivity contribution >= 4 is 30.1 Å². The molecule has 1 aliphatic rings. The molecule has 3 nitrogen and oxygen atoms in total. The number of rotatable bonds is 5. The van der Waals surface area contributed by atoms with Gasteiger partial charge in [-0.25, -0.2) is 0 Å². The molecule has 2 atom stereocenters. The maximum Gasteiger partial charge on any atom is 0.239 e. The number of hydrogen-bond acceptors (Lipinski definition) is 3. The number of nitrogens with zero attached hydrogens (tertiary/aromatic N) is 1. The first-order chi connectivity index (χ1) is 9.22. The molecule has 112 valence electrons. The summed E-state index contributed by atoms with van der Waals surface area (Å²) in [6, 6.07) is 10.1. The van der Waals surface area contributed by atoms with Gasteiger partial charge in [0, 0.05) is 19.0 Å². The summed E-state index contributed by atoms with van der Waals surface area (Å²) >= 11 is 1.74. The number of benzene rings is 1. The summed E-state index contributed by atoms with van der Waals surface area (Å²) in [6.45, 7) is 1.65. The van der Waals surface area contributed by atoms with Gasteiger partial charge in [0.25, 0.3) is 0 Å². The molecule has 0 aliphatic carbocycles. The highest BCUT2D eigenvalue weighted by Gasteiger charge is 2.29. The van der Waals surface area contributed by atoms with Crippen LogP contribution in [-0.4, -0.2) is 41.9 Å². The highest BCUT2D eigenvalue weighted by atomic mass is 35.5. The first-order valence-electron chi connectivity index (χ1n) is 6.80. The normalized spacial score (nSPS) is 19.5. The average Bonchev–Trinajstić information content (AvgIpc) is 2.94. The molecule has 2 N–H and O–H groups in total. The number of carbonyl (C=O) groups is 1. The van der Waals surface area contributed by atoms with Crippen LogP contribution in [0.5, 0.6) is 0 Å². The zero-order valence-electron chi connectivity index (χ0n) is 11.8. The Bertz CT molecular complexity index is 416. The Labute approximate surface area is 131 Å². The second-order valence-corrected chi connectivity index (χ2v) is 6.05. The van der Waals surface area contributed by atoms with E-state index >= 15 is 0 Å². The molecule has 0 saturated carbocycles. The van der Waals surface area contributed by atoms with Gasteiger partial charge in [-0.1, -0.05) is 30.3 Å². The van der Waals surface area contributed by atoms with E-state index in [9.17, 15) is 4.79 Å². The molecule has 1 aromatic carbocycles. The molecule has 1 heterocycles. The summed E-state index contributed by atoms with van der Waals surface area (Å²) in [4.78, 5) is 14.2. The fraction of sp³-hybridized carbons (Fsp3) is 0.533. The number of thioether (sulfide) groups is 1. The van der Waals surface area contributed by atoms with Crippen molar-refractivity contribution in [3.05, 3.63) is 35.9 Å². The van der Waals surface area contributed by atoms with E-state index in [0.29, 0.717) is 5.92 Å². The molecular weight excluding hydrogens is 292 g/mol. The topological polar surface area (TPSA) is 46.3 Å². The third-order valence-electron chi connectivity index (χ3n) is 3.72. The molecule has 0 spiro atoms. The lowest BCUT2D eigenvalue weighted by Crippen LogP contribution is -2.42. The highest BCUT2D eigenvalue weighted by Crippen LogP contribution is 2.27. The number of carbonyl (C=O) groups excluding carboxylic acids is 1. The van der Waals surface area contributed by atoms with Crippen LogP contribution < -0.4 is 5.73 Å². The van der Waals surface area contributed by atoms with Crippen molar-refractivity contribution in [2.45, 2.75) is 24.8 Å². The Morgan fingerprint density at radius 2 is 2.15 bits per heavy atom. The largest absolute Gasteiger partial charge is 0.341 e. The van der Waals surface area contributed by atoms with Crippen LogP contribution in [0.4, 0.5) is 0 Å². The number of amides is 1. The van der Waals surface area contributed by atoms with Crippen molar-refractivity contribution in [3.63, 3.8) is 0 Å². The fourth-order valence-electron chi connectivity index (χ4n) is 2.56. The van der Waals surface area contributed by atoms with Crippen LogP contribution in [0.3, 0.4) is 0 Å². The van der Waals surface area contributed by atoms with Gasteiger partial charge in [0.05, 0.1) is 6.04 Å². The smallest absolute Gasteiger partial charge is 0.239 e.